The molecule has 0 spiro atoms. The van der Waals surface area contributed by atoms with Crippen LogP contribution in [0.25, 0.3) is 15.5 Å². The number of rotatable bonds is 4. The zero-order chi connectivity index (χ0) is 14.1. The molecule has 0 unspecified atom stereocenters. The number of hydrogen-bond donors (Lipinski definition) is 0. The third-order valence-corrected chi connectivity index (χ3v) is 5.00. The van der Waals surface area contributed by atoms with Crippen molar-refractivity contribution >= 4 is 33.6 Å². The summed E-state index contributed by atoms with van der Waals surface area (Å²) >= 11 is 3.34. The third kappa shape index (κ3) is 2.48. The molecular weight excluding hydrogens is 292 g/mol. The van der Waals surface area contributed by atoms with Crippen LogP contribution in [0.3, 0.4) is 0 Å². The first kappa shape index (κ1) is 13.3. The van der Waals surface area contributed by atoms with Gasteiger partial charge < -0.3 is 4.74 Å². The molecule has 104 valence electrons. The SMILES string of the molecule is COC(=O)CCc1csc2nc(-c3ccc(C)s3)cn12. The molecule has 3 rings (SSSR count). The van der Waals surface area contributed by atoms with Crippen LogP contribution in [0.5, 0.6) is 0 Å². The number of ether oxygens (including phenoxy) is 1. The second kappa shape index (κ2) is 5.38. The van der Waals surface area contributed by atoms with Gasteiger partial charge in [-0.3, -0.25) is 9.20 Å². The van der Waals surface area contributed by atoms with E-state index in [0.29, 0.717) is 12.8 Å². The number of nitrogens with zero attached hydrogens (tertiary/aromatic N) is 2. The predicted molar refractivity (Wildman–Crippen MR) is 81.5 cm³/mol. The van der Waals surface area contributed by atoms with Crippen LogP contribution in [-0.4, -0.2) is 22.5 Å². The highest BCUT2D eigenvalue weighted by molar-refractivity contribution is 7.16. The van der Waals surface area contributed by atoms with Gasteiger partial charge in [-0.25, -0.2) is 4.98 Å². The Bertz CT molecular complexity index is 754. The van der Waals surface area contributed by atoms with E-state index in [1.54, 1.807) is 22.7 Å². The Morgan fingerprint density at radius 1 is 1.45 bits per heavy atom. The van der Waals surface area contributed by atoms with Crippen molar-refractivity contribution in [3.05, 3.63) is 34.3 Å². The summed E-state index contributed by atoms with van der Waals surface area (Å²) in [5, 5.41) is 2.05. The van der Waals surface area contributed by atoms with Gasteiger partial charge in [0.05, 0.1) is 18.4 Å². The lowest BCUT2D eigenvalue weighted by molar-refractivity contribution is -0.140. The number of carbonyl (C=O) groups excluding carboxylic acids is 1. The zero-order valence-electron chi connectivity index (χ0n) is 11.3. The molecular formula is C14H14N2O2S2. The minimum absolute atomic E-state index is 0.182. The van der Waals surface area contributed by atoms with Gasteiger partial charge in [0, 0.05) is 22.1 Å². The zero-order valence-corrected chi connectivity index (χ0v) is 12.9. The van der Waals surface area contributed by atoms with Gasteiger partial charge >= 0.3 is 5.97 Å². The quantitative estimate of drug-likeness (QED) is 0.693. The maximum atomic E-state index is 11.2. The second-order valence-electron chi connectivity index (χ2n) is 4.49. The van der Waals surface area contributed by atoms with Gasteiger partial charge in [0.1, 0.15) is 5.69 Å². The molecule has 0 fully saturated rings. The number of thiophene rings is 1. The number of aromatic nitrogens is 2. The number of thiazole rings is 1. The molecule has 3 aromatic rings. The summed E-state index contributed by atoms with van der Waals surface area (Å²) in [6.07, 6.45) is 3.11. The number of carbonyl (C=O) groups is 1. The van der Waals surface area contributed by atoms with Crippen LogP contribution in [0.2, 0.25) is 0 Å². The number of methoxy groups -OCH3 is 1. The van der Waals surface area contributed by atoms with Crippen molar-refractivity contribution < 1.29 is 9.53 Å². The van der Waals surface area contributed by atoms with E-state index in [2.05, 4.69) is 38.6 Å². The lowest BCUT2D eigenvalue weighted by Crippen LogP contribution is -2.02. The molecule has 0 aliphatic rings. The van der Waals surface area contributed by atoms with Crippen molar-refractivity contribution in [2.24, 2.45) is 0 Å². The van der Waals surface area contributed by atoms with E-state index >= 15 is 0 Å². The fraction of sp³-hybridized carbons (Fsp3) is 0.286. The van der Waals surface area contributed by atoms with Gasteiger partial charge in [-0.15, -0.1) is 22.7 Å². The van der Waals surface area contributed by atoms with Gasteiger partial charge in [0.2, 0.25) is 0 Å². The Morgan fingerprint density at radius 3 is 3.00 bits per heavy atom. The molecule has 0 atom stereocenters. The van der Waals surface area contributed by atoms with Crippen molar-refractivity contribution in [1.82, 2.24) is 9.38 Å². The van der Waals surface area contributed by atoms with Gasteiger partial charge in [0.15, 0.2) is 4.96 Å². The van der Waals surface area contributed by atoms with Crippen LogP contribution < -0.4 is 0 Å². The van der Waals surface area contributed by atoms with Gasteiger partial charge in [-0.05, 0) is 25.5 Å². The normalized spacial score (nSPS) is 11.1. The third-order valence-electron chi connectivity index (χ3n) is 3.09. The monoisotopic (exact) mass is 306 g/mol. The molecule has 3 aromatic heterocycles. The van der Waals surface area contributed by atoms with Crippen LogP contribution in [0, 0.1) is 6.92 Å². The van der Waals surface area contributed by atoms with Crippen LogP contribution in [0.15, 0.2) is 23.7 Å². The topological polar surface area (TPSA) is 43.6 Å². The molecule has 0 aromatic carbocycles. The number of aryl methyl sites for hydroxylation is 2. The maximum Gasteiger partial charge on any atom is 0.305 e. The molecule has 4 nitrogen and oxygen atoms in total. The summed E-state index contributed by atoms with van der Waals surface area (Å²) < 4.78 is 6.75. The lowest BCUT2D eigenvalue weighted by atomic mass is 10.2. The molecule has 0 aliphatic heterocycles. The van der Waals surface area contributed by atoms with E-state index in [9.17, 15) is 4.79 Å². The van der Waals surface area contributed by atoms with Crippen LogP contribution in [0.1, 0.15) is 17.0 Å². The van der Waals surface area contributed by atoms with Crippen molar-refractivity contribution in [3.63, 3.8) is 0 Å². The van der Waals surface area contributed by atoms with Gasteiger partial charge in [-0.2, -0.15) is 0 Å². The van der Waals surface area contributed by atoms with E-state index in [0.717, 1.165) is 16.3 Å². The van der Waals surface area contributed by atoms with Crippen molar-refractivity contribution in [1.29, 1.82) is 0 Å². The van der Waals surface area contributed by atoms with Crippen molar-refractivity contribution in [2.45, 2.75) is 19.8 Å². The van der Waals surface area contributed by atoms with Crippen molar-refractivity contribution in [3.8, 4) is 10.6 Å². The maximum absolute atomic E-state index is 11.2. The Kier molecular flexibility index (Phi) is 3.58. The molecule has 0 bridgehead atoms. The second-order valence-corrected chi connectivity index (χ2v) is 6.62. The first-order valence-electron chi connectivity index (χ1n) is 6.26. The number of hydrogen-bond acceptors (Lipinski definition) is 5. The van der Waals surface area contributed by atoms with Crippen LogP contribution in [0.4, 0.5) is 0 Å². The minimum atomic E-state index is -0.182. The predicted octanol–water partition coefficient (Wildman–Crippen LogP) is 3.54. The summed E-state index contributed by atoms with van der Waals surface area (Å²) in [4.78, 5) is 19.3. The Hall–Kier alpha value is -1.66. The molecule has 0 N–H and O–H groups in total. The number of esters is 1. The average molecular weight is 306 g/mol. The number of imidazole rings is 1. The summed E-state index contributed by atoms with van der Waals surface area (Å²) in [5.41, 5.74) is 2.09. The highest BCUT2D eigenvalue weighted by atomic mass is 32.1. The highest BCUT2D eigenvalue weighted by Crippen LogP contribution is 2.29. The molecule has 6 heteroatoms. The summed E-state index contributed by atoms with van der Waals surface area (Å²) in [6.45, 7) is 2.09. The molecule has 0 saturated heterocycles. The largest absolute Gasteiger partial charge is 0.469 e. The summed E-state index contributed by atoms with van der Waals surface area (Å²) in [7, 11) is 1.42. The first-order valence-corrected chi connectivity index (χ1v) is 7.96. The highest BCUT2D eigenvalue weighted by Gasteiger charge is 2.12. The van der Waals surface area contributed by atoms with E-state index < -0.39 is 0 Å². The minimum Gasteiger partial charge on any atom is -0.469 e. The standard InChI is InChI=1S/C14H14N2O2S2/c1-9-3-5-12(20-9)11-7-16-10(4-6-13(17)18-2)8-19-14(16)15-11/h3,5,7-8H,4,6H2,1-2H3. The average Bonchev–Trinajstić information content (AvgIpc) is 3.11. The van der Waals surface area contributed by atoms with E-state index in [1.165, 1.54) is 16.9 Å². The van der Waals surface area contributed by atoms with Crippen LogP contribution >= 0.6 is 22.7 Å². The van der Waals surface area contributed by atoms with E-state index in [-0.39, 0.29) is 5.97 Å². The first-order chi connectivity index (χ1) is 9.67. The van der Waals surface area contributed by atoms with Crippen LogP contribution in [-0.2, 0) is 16.0 Å². The fourth-order valence-electron chi connectivity index (χ4n) is 2.03. The molecule has 0 saturated carbocycles. The Morgan fingerprint density at radius 2 is 2.30 bits per heavy atom. The van der Waals surface area contributed by atoms with Crippen molar-refractivity contribution in [2.75, 3.05) is 7.11 Å². The Balaban J connectivity index is 1.88. The Labute approximate surface area is 124 Å². The van der Waals surface area contributed by atoms with E-state index in [1.807, 2.05) is 6.20 Å². The summed E-state index contributed by atoms with van der Waals surface area (Å²) in [6, 6.07) is 4.20. The lowest BCUT2D eigenvalue weighted by Gasteiger charge is -1.98. The fourth-order valence-corrected chi connectivity index (χ4v) is 3.76. The molecule has 0 aliphatic carbocycles. The molecule has 20 heavy (non-hydrogen) atoms. The molecule has 0 amide bonds. The van der Waals surface area contributed by atoms with Gasteiger partial charge in [0.25, 0.3) is 0 Å². The smallest absolute Gasteiger partial charge is 0.305 e. The van der Waals surface area contributed by atoms with E-state index in [4.69, 9.17) is 0 Å². The summed E-state index contributed by atoms with van der Waals surface area (Å²) in [5.74, 6) is -0.182. The number of fused-ring (bicyclic) bond motifs is 1. The molecule has 0 radical (unpaired) electrons. The van der Waals surface area contributed by atoms with Gasteiger partial charge in [-0.1, -0.05) is 0 Å². The molecule has 3 heterocycles.